The molecule has 0 unspecified atom stereocenters. The first-order chi connectivity index (χ1) is 16.9. The van der Waals surface area contributed by atoms with Crippen LogP contribution in [0.1, 0.15) is 25.3 Å². The molecule has 8 heteroatoms. The van der Waals surface area contributed by atoms with E-state index >= 15 is 0 Å². The minimum atomic E-state index is -0.921. The zero-order chi connectivity index (χ0) is 24.5. The van der Waals surface area contributed by atoms with Gasteiger partial charge in [0.2, 0.25) is 5.95 Å². The first kappa shape index (κ1) is 22.5. The molecule has 0 fully saturated rings. The summed E-state index contributed by atoms with van der Waals surface area (Å²) in [7, 11) is 1.97. The Hall–Kier alpha value is -4.33. The Morgan fingerprint density at radius 3 is 2.31 bits per heavy atom. The lowest BCUT2D eigenvalue weighted by Crippen LogP contribution is -2.12. The van der Waals surface area contributed by atoms with Crippen molar-refractivity contribution in [2.24, 2.45) is 0 Å². The van der Waals surface area contributed by atoms with Crippen molar-refractivity contribution in [1.29, 1.82) is 0 Å². The van der Waals surface area contributed by atoms with Crippen LogP contribution in [0.25, 0.3) is 22.4 Å². The molecule has 0 radical (unpaired) electrons. The highest BCUT2D eigenvalue weighted by molar-refractivity contribution is 5.80. The number of fused-ring (bicyclic) bond motifs is 1. The standard InChI is InChI=1S/C27H24F2N6/c1-16(2)17-6-10-20(11-7-17)35(3)25-12-13-30-27(34-25)31-19-8-4-18(5-9-19)26-32-23-14-21(28)22(29)15-24(23)33-26/h4-16H,1-3H3,(H,32,33)(H,30,31,34). The molecular weight excluding hydrogens is 446 g/mol. The van der Waals surface area contributed by atoms with E-state index in [1.54, 1.807) is 6.20 Å². The number of H-pyrrole nitrogens is 1. The number of halogens is 2. The molecule has 0 saturated heterocycles. The number of hydrogen-bond acceptors (Lipinski definition) is 5. The third kappa shape index (κ3) is 4.68. The van der Waals surface area contributed by atoms with Crippen LogP contribution in [-0.2, 0) is 0 Å². The number of benzene rings is 3. The molecule has 2 aromatic heterocycles. The Morgan fingerprint density at radius 1 is 0.886 bits per heavy atom. The zero-order valence-corrected chi connectivity index (χ0v) is 19.6. The van der Waals surface area contributed by atoms with Gasteiger partial charge in [0.05, 0.1) is 11.0 Å². The number of anilines is 4. The fourth-order valence-electron chi connectivity index (χ4n) is 3.79. The molecule has 0 amide bonds. The quantitative estimate of drug-likeness (QED) is 0.282. The highest BCUT2D eigenvalue weighted by atomic mass is 19.2. The summed E-state index contributed by atoms with van der Waals surface area (Å²) in [5, 5.41) is 3.22. The van der Waals surface area contributed by atoms with Crippen molar-refractivity contribution in [3.63, 3.8) is 0 Å². The smallest absolute Gasteiger partial charge is 0.229 e. The monoisotopic (exact) mass is 470 g/mol. The molecule has 0 saturated carbocycles. The third-order valence-corrected chi connectivity index (χ3v) is 5.87. The summed E-state index contributed by atoms with van der Waals surface area (Å²) in [4.78, 5) is 18.4. The van der Waals surface area contributed by atoms with Crippen molar-refractivity contribution in [2.45, 2.75) is 19.8 Å². The van der Waals surface area contributed by atoms with E-state index in [4.69, 9.17) is 0 Å². The first-order valence-corrected chi connectivity index (χ1v) is 11.3. The minimum Gasteiger partial charge on any atom is -0.338 e. The molecule has 0 aliphatic heterocycles. The number of aromatic nitrogens is 4. The van der Waals surface area contributed by atoms with Crippen molar-refractivity contribution >= 4 is 34.2 Å². The van der Waals surface area contributed by atoms with Gasteiger partial charge in [-0.3, -0.25) is 0 Å². The second-order valence-corrected chi connectivity index (χ2v) is 8.61. The molecule has 3 aromatic carbocycles. The largest absolute Gasteiger partial charge is 0.338 e. The molecule has 2 N–H and O–H groups in total. The Bertz CT molecular complexity index is 1440. The van der Waals surface area contributed by atoms with Gasteiger partial charge in [0, 0.05) is 42.3 Å². The third-order valence-electron chi connectivity index (χ3n) is 5.87. The molecule has 5 rings (SSSR count). The summed E-state index contributed by atoms with van der Waals surface area (Å²) < 4.78 is 27.0. The van der Waals surface area contributed by atoms with E-state index in [1.807, 2.05) is 42.3 Å². The molecule has 0 aliphatic rings. The Morgan fingerprint density at radius 2 is 1.60 bits per heavy atom. The van der Waals surface area contributed by atoms with Gasteiger partial charge in [-0.05, 0) is 53.9 Å². The molecule has 5 aromatic rings. The lowest BCUT2D eigenvalue weighted by Gasteiger charge is -2.19. The van der Waals surface area contributed by atoms with Crippen LogP contribution in [0.4, 0.5) is 31.9 Å². The molecule has 0 aliphatic carbocycles. The van der Waals surface area contributed by atoms with Crippen LogP contribution >= 0.6 is 0 Å². The molecule has 6 nitrogen and oxygen atoms in total. The van der Waals surface area contributed by atoms with E-state index in [1.165, 1.54) is 5.56 Å². The predicted octanol–water partition coefficient (Wildman–Crippen LogP) is 6.93. The van der Waals surface area contributed by atoms with Gasteiger partial charge in [-0.2, -0.15) is 4.98 Å². The normalized spacial score (nSPS) is 11.3. The number of hydrogen-bond donors (Lipinski definition) is 2. The number of aromatic amines is 1. The molecule has 0 bridgehead atoms. The van der Waals surface area contributed by atoms with Gasteiger partial charge in [-0.25, -0.2) is 18.7 Å². The Kier molecular flexibility index (Phi) is 5.86. The molecular formula is C27H24F2N6. The average molecular weight is 471 g/mol. The summed E-state index contributed by atoms with van der Waals surface area (Å²) in [5.74, 6) is 0.408. The molecule has 0 spiro atoms. The van der Waals surface area contributed by atoms with Gasteiger partial charge in [0.25, 0.3) is 0 Å². The highest BCUT2D eigenvalue weighted by Crippen LogP contribution is 2.27. The van der Waals surface area contributed by atoms with Crippen LogP contribution in [0, 0.1) is 11.6 Å². The van der Waals surface area contributed by atoms with Gasteiger partial charge in [0.15, 0.2) is 11.6 Å². The zero-order valence-electron chi connectivity index (χ0n) is 19.6. The van der Waals surface area contributed by atoms with E-state index in [-0.39, 0.29) is 0 Å². The Balaban J connectivity index is 1.32. The van der Waals surface area contributed by atoms with Crippen molar-refractivity contribution in [2.75, 3.05) is 17.3 Å². The van der Waals surface area contributed by atoms with Crippen LogP contribution in [0.2, 0.25) is 0 Å². The lowest BCUT2D eigenvalue weighted by molar-refractivity contribution is 0.510. The highest BCUT2D eigenvalue weighted by Gasteiger charge is 2.11. The van der Waals surface area contributed by atoms with Crippen LogP contribution in [-0.4, -0.2) is 27.0 Å². The number of nitrogens with zero attached hydrogens (tertiary/aromatic N) is 4. The van der Waals surface area contributed by atoms with Crippen LogP contribution in [0.5, 0.6) is 0 Å². The fraction of sp³-hybridized carbons (Fsp3) is 0.148. The summed E-state index contributed by atoms with van der Waals surface area (Å²) in [6.07, 6.45) is 1.71. The molecule has 35 heavy (non-hydrogen) atoms. The van der Waals surface area contributed by atoms with E-state index < -0.39 is 11.6 Å². The van der Waals surface area contributed by atoms with E-state index in [0.29, 0.717) is 28.7 Å². The maximum Gasteiger partial charge on any atom is 0.229 e. The fourth-order valence-corrected chi connectivity index (χ4v) is 3.79. The van der Waals surface area contributed by atoms with E-state index in [9.17, 15) is 8.78 Å². The van der Waals surface area contributed by atoms with Crippen LogP contribution in [0.3, 0.4) is 0 Å². The lowest BCUT2D eigenvalue weighted by atomic mass is 10.0. The van der Waals surface area contributed by atoms with Gasteiger partial charge >= 0.3 is 0 Å². The van der Waals surface area contributed by atoms with Crippen molar-refractivity contribution in [3.8, 4) is 11.4 Å². The number of rotatable bonds is 6. The van der Waals surface area contributed by atoms with Gasteiger partial charge in [-0.15, -0.1) is 0 Å². The number of nitrogens with one attached hydrogen (secondary N) is 2. The van der Waals surface area contributed by atoms with Gasteiger partial charge < -0.3 is 15.2 Å². The topological polar surface area (TPSA) is 69.7 Å². The van der Waals surface area contributed by atoms with E-state index in [0.717, 1.165) is 34.9 Å². The minimum absolute atomic E-state index is 0.370. The van der Waals surface area contributed by atoms with Crippen molar-refractivity contribution < 1.29 is 8.78 Å². The summed E-state index contributed by atoms with van der Waals surface area (Å²) >= 11 is 0. The maximum absolute atomic E-state index is 13.5. The SMILES string of the molecule is CC(C)c1ccc(N(C)c2ccnc(Nc3ccc(-c4nc5cc(F)c(F)cc5[nH]4)cc3)n2)cc1. The predicted molar refractivity (Wildman–Crippen MR) is 135 cm³/mol. The molecule has 2 heterocycles. The molecule has 176 valence electrons. The van der Waals surface area contributed by atoms with Crippen molar-refractivity contribution in [3.05, 3.63) is 90.1 Å². The van der Waals surface area contributed by atoms with E-state index in [2.05, 4.69) is 63.4 Å². The van der Waals surface area contributed by atoms with Crippen molar-refractivity contribution in [1.82, 2.24) is 19.9 Å². The average Bonchev–Trinajstić information content (AvgIpc) is 3.27. The molecule has 0 atom stereocenters. The summed E-state index contributed by atoms with van der Waals surface area (Å²) in [6, 6.07) is 19.9. The second kappa shape index (κ2) is 9.13. The summed E-state index contributed by atoms with van der Waals surface area (Å²) in [6.45, 7) is 4.35. The summed E-state index contributed by atoms with van der Waals surface area (Å²) in [5.41, 5.74) is 4.71. The second-order valence-electron chi connectivity index (χ2n) is 8.61. The van der Waals surface area contributed by atoms with Gasteiger partial charge in [-0.1, -0.05) is 26.0 Å². The Labute approximate surface area is 201 Å². The number of imidazole rings is 1. The van der Waals surface area contributed by atoms with Crippen LogP contribution < -0.4 is 10.2 Å². The maximum atomic E-state index is 13.5. The van der Waals surface area contributed by atoms with Crippen LogP contribution in [0.15, 0.2) is 72.9 Å². The first-order valence-electron chi connectivity index (χ1n) is 11.3. The van der Waals surface area contributed by atoms with Gasteiger partial charge in [0.1, 0.15) is 11.6 Å².